The summed E-state index contributed by atoms with van der Waals surface area (Å²) in [6.45, 7) is 0.742. The van der Waals surface area contributed by atoms with Gasteiger partial charge in [0.15, 0.2) is 0 Å². The fourth-order valence-corrected chi connectivity index (χ4v) is 2.06. The number of amides is 1. The first-order chi connectivity index (χ1) is 10.9. The lowest BCUT2D eigenvalue weighted by atomic mass is 10.2. The fraction of sp³-hybridized carbons (Fsp3) is 0.333. The summed E-state index contributed by atoms with van der Waals surface area (Å²) in [6, 6.07) is 6.97. The zero-order valence-electron chi connectivity index (χ0n) is 12.9. The molecule has 132 valence electrons. The van der Waals surface area contributed by atoms with Gasteiger partial charge in [0.05, 0.1) is 11.9 Å². The van der Waals surface area contributed by atoms with Crippen molar-refractivity contribution in [2.45, 2.75) is 19.0 Å². The van der Waals surface area contributed by atoms with Crippen LogP contribution in [0, 0.1) is 0 Å². The molecule has 9 heteroatoms. The van der Waals surface area contributed by atoms with E-state index in [1.54, 1.807) is 19.2 Å². The second-order valence-corrected chi connectivity index (χ2v) is 4.93. The summed E-state index contributed by atoms with van der Waals surface area (Å²) in [5.74, 6) is -0.136. The number of carbonyl (C=O) groups excluding carboxylic acids is 1. The SMILES string of the molecule is CNCCCC(=O)Nc1ccc(-n2nccc2C(F)(F)F)cc1.Cl. The molecule has 2 rings (SSSR count). The average Bonchev–Trinajstić information content (AvgIpc) is 2.98. The molecule has 1 amide bonds. The fourth-order valence-electron chi connectivity index (χ4n) is 2.06. The highest BCUT2D eigenvalue weighted by atomic mass is 35.5. The van der Waals surface area contributed by atoms with E-state index in [0.717, 1.165) is 23.5 Å². The molecule has 0 radical (unpaired) electrons. The number of benzene rings is 1. The van der Waals surface area contributed by atoms with Gasteiger partial charge in [-0.3, -0.25) is 4.79 Å². The van der Waals surface area contributed by atoms with E-state index in [9.17, 15) is 18.0 Å². The Morgan fingerprint density at radius 2 is 1.88 bits per heavy atom. The van der Waals surface area contributed by atoms with Crippen LogP contribution in [0.3, 0.4) is 0 Å². The lowest BCUT2D eigenvalue weighted by Gasteiger charge is -2.11. The van der Waals surface area contributed by atoms with Crippen molar-refractivity contribution in [2.75, 3.05) is 18.9 Å². The van der Waals surface area contributed by atoms with Crippen LogP contribution in [-0.2, 0) is 11.0 Å². The van der Waals surface area contributed by atoms with Crippen molar-refractivity contribution in [3.05, 3.63) is 42.2 Å². The summed E-state index contributed by atoms with van der Waals surface area (Å²) in [5.41, 5.74) is -0.0409. The van der Waals surface area contributed by atoms with Gasteiger partial charge in [0, 0.05) is 12.1 Å². The number of alkyl halides is 3. The predicted octanol–water partition coefficient (Wildman–Crippen LogP) is 3.25. The van der Waals surface area contributed by atoms with E-state index in [1.165, 1.54) is 12.1 Å². The van der Waals surface area contributed by atoms with Gasteiger partial charge >= 0.3 is 6.18 Å². The number of aromatic nitrogens is 2. The molecule has 0 saturated heterocycles. The molecule has 0 atom stereocenters. The molecule has 0 aliphatic heterocycles. The Bertz CT molecular complexity index is 655. The van der Waals surface area contributed by atoms with Gasteiger partial charge in [0.2, 0.25) is 5.91 Å². The Balaban J connectivity index is 0.00000288. The van der Waals surface area contributed by atoms with Crippen molar-refractivity contribution in [1.82, 2.24) is 15.1 Å². The average molecular weight is 363 g/mol. The summed E-state index contributed by atoms with van der Waals surface area (Å²) >= 11 is 0. The van der Waals surface area contributed by atoms with E-state index in [1.807, 2.05) is 0 Å². The standard InChI is InChI=1S/C15H17F3N4O.ClH/c1-19-9-2-3-14(23)21-11-4-6-12(7-5-11)22-13(8-10-20-22)15(16,17)18;/h4-8,10,19H,2-3,9H2,1H3,(H,21,23);1H. The van der Waals surface area contributed by atoms with Crippen LogP contribution < -0.4 is 10.6 Å². The third kappa shape index (κ3) is 5.24. The number of nitrogens with zero attached hydrogens (tertiary/aromatic N) is 2. The molecule has 1 aromatic heterocycles. The van der Waals surface area contributed by atoms with E-state index < -0.39 is 11.9 Å². The third-order valence-electron chi connectivity index (χ3n) is 3.16. The zero-order valence-corrected chi connectivity index (χ0v) is 13.7. The molecule has 0 spiro atoms. The number of halogens is 4. The molecule has 2 N–H and O–H groups in total. The van der Waals surface area contributed by atoms with Gasteiger partial charge in [-0.15, -0.1) is 12.4 Å². The molecule has 2 aromatic rings. The number of anilines is 1. The number of rotatable bonds is 6. The minimum atomic E-state index is -4.48. The first kappa shape index (κ1) is 20.0. The Kier molecular flexibility index (Phi) is 7.24. The highest BCUT2D eigenvalue weighted by Crippen LogP contribution is 2.30. The molecule has 24 heavy (non-hydrogen) atoms. The maximum Gasteiger partial charge on any atom is 0.433 e. The smallest absolute Gasteiger partial charge is 0.326 e. The highest BCUT2D eigenvalue weighted by Gasteiger charge is 2.35. The van der Waals surface area contributed by atoms with E-state index in [0.29, 0.717) is 18.5 Å². The molecule has 1 heterocycles. The molecule has 1 aromatic carbocycles. The van der Waals surface area contributed by atoms with Crippen molar-refractivity contribution in [3.63, 3.8) is 0 Å². The third-order valence-corrected chi connectivity index (χ3v) is 3.16. The number of hydrogen-bond donors (Lipinski definition) is 2. The van der Waals surface area contributed by atoms with Crippen LogP contribution in [0.4, 0.5) is 18.9 Å². The Morgan fingerprint density at radius 3 is 2.46 bits per heavy atom. The Hall–Kier alpha value is -2.06. The second kappa shape index (κ2) is 8.70. The summed E-state index contributed by atoms with van der Waals surface area (Å²) in [7, 11) is 1.81. The van der Waals surface area contributed by atoms with Gasteiger partial charge in [-0.05, 0) is 50.3 Å². The van der Waals surface area contributed by atoms with Gasteiger partial charge in [-0.25, -0.2) is 4.68 Å². The summed E-state index contributed by atoms with van der Waals surface area (Å²) in [6.07, 6.45) is -2.29. The van der Waals surface area contributed by atoms with Crippen LogP contribution in [0.5, 0.6) is 0 Å². The van der Waals surface area contributed by atoms with E-state index in [4.69, 9.17) is 0 Å². The molecular formula is C15H18ClF3N4O. The van der Waals surface area contributed by atoms with Crippen LogP contribution in [0.15, 0.2) is 36.5 Å². The summed E-state index contributed by atoms with van der Waals surface area (Å²) in [5, 5.41) is 9.34. The van der Waals surface area contributed by atoms with E-state index in [-0.39, 0.29) is 24.0 Å². The first-order valence-electron chi connectivity index (χ1n) is 7.08. The molecule has 0 aliphatic carbocycles. The van der Waals surface area contributed by atoms with Crippen molar-refractivity contribution < 1.29 is 18.0 Å². The molecule has 0 unspecified atom stereocenters. The van der Waals surface area contributed by atoms with Gasteiger partial charge < -0.3 is 10.6 Å². The summed E-state index contributed by atoms with van der Waals surface area (Å²) in [4.78, 5) is 11.7. The maximum atomic E-state index is 12.8. The zero-order chi connectivity index (χ0) is 16.9. The molecule has 5 nitrogen and oxygen atoms in total. The van der Waals surface area contributed by atoms with Crippen molar-refractivity contribution >= 4 is 24.0 Å². The second-order valence-electron chi connectivity index (χ2n) is 4.93. The van der Waals surface area contributed by atoms with Crippen LogP contribution >= 0.6 is 12.4 Å². The van der Waals surface area contributed by atoms with Crippen LogP contribution in [0.2, 0.25) is 0 Å². The normalized spacial score (nSPS) is 11.0. The number of carbonyl (C=O) groups is 1. The van der Waals surface area contributed by atoms with Crippen LogP contribution in [-0.4, -0.2) is 29.3 Å². The van der Waals surface area contributed by atoms with Crippen LogP contribution in [0.25, 0.3) is 5.69 Å². The monoisotopic (exact) mass is 362 g/mol. The predicted molar refractivity (Wildman–Crippen MR) is 87.6 cm³/mol. The maximum absolute atomic E-state index is 12.8. The highest BCUT2D eigenvalue weighted by molar-refractivity contribution is 5.90. The van der Waals surface area contributed by atoms with Crippen molar-refractivity contribution in [2.24, 2.45) is 0 Å². The number of nitrogens with one attached hydrogen (secondary N) is 2. The largest absolute Gasteiger partial charge is 0.433 e. The Morgan fingerprint density at radius 1 is 1.21 bits per heavy atom. The lowest BCUT2D eigenvalue weighted by molar-refractivity contribution is -0.142. The number of hydrogen-bond acceptors (Lipinski definition) is 3. The van der Waals surface area contributed by atoms with Gasteiger partial charge in [-0.1, -0.05) is 0 Å². The quantitative estimate of drug-likeness (QED) is 0.775. The minimum absolute atomic E-state index is 0. The molecule has 0 bridgehead atoms. The first-order valence-corrected chi connectivity index (χ1v) is 7.08. The topological polar surface area (TPSA) is 59.0 Å². The van der Waals surface area contributed by atoms with E-state index >= 15 is 0 Å². The van der Waals surface area contributed by atoms with Gasteiger partial charge in [-0.2, -0.15) is 18.3 Å². The minimum Gasteiger partial charge on any atom is -0.326 e. The summed E-state index contributed by atoms with van der Waals surface area (Å²) < 4.78 is 39.3. The molecular weight excluding hydrogens is 345 g/mol. The molecule has 0 fully saturated rings. The van der Waals surface area contributed by atoms with Crippen molar-refractivity contribution in [1.29, 1.82) is 0 Å². The molecule has 0 aliphatic rings. The van der Waals surface area contributed by atoms with Crippen LogP contribution in [0.1, 0.15) is 18.5 Å². The van der Waals surface area contributed by atoms with Crippen molar-refractivity contribution in [3.8, 4) is 5.69 Å². The Labute approximate surface area is 143 Å². The van der Waals surface area contributed by atoms with E-state index in [2.05, 4.69) is 15.7 Å². The van der Waals surface area contributed by atoms with Gasteiger partial charge in [0.25, 0.3) is 0 Å². The van der Waals surface area contributed by atoms with Gasteiger partial charge in [0.1, 0.15) is 5.69 Å². The molecule has 0 saturated carbocycles. The lowest BCUT2D eigenvalue weighted by Crippen LogP contribution is -2.15.